The molecule has 178 valence electrons. The largest absolute Gasteiger partial charge is 0.452 e. The molecule has 35 heavy (non-hydrogen) atoms. The van der Waals surface area contributed by atoms with Crippen molar-refractivity contribution in [1.29, 1.82) is 0 Å². The van der Waals surface area contributed by atoms with Crippen LogP contribution in [0.2, 0.25) is 5.02 Å². The zero-order valence-corrected chi connectivity index (χ0v) is 18.3. The van der Waals surface area contributed by atoms with E-state index in [1.54, 1.807) is 12.1 Å². The molecule has 11 heteroatoms. The van der Waals surface area contributed by atoms with E-state index in [4.69, 9.17) is 16.3 Å². The molecule has 0 saturated heterocycles. The minimum atomic E-state index is -4.69. The molecule has 0 aliphatic carbocycles. The number of carbonyl (C=O) groups excluding carboxylic acids is 4. The Labute approximate surface area is 201 Å². The summed E-state index contributed by atoms with van der Waals surface area (Å²) in [5.74, 6) is -3.33. The van der Waals surface area contributed by atoms with Crippen molar-refractivity contribution < 1.29 is 37.1 Å². The van der Waals surface area contributed by atoms with Crippen LogP contribution in [-0.4, -0.2) is 30.3 Å². The minimum Gasteiger partial charge on any atom is -0.452 e. The molecule has 0 fully saturated rings. The molecule has 1 N–H and O–H groups in total. The fourth-order valence-electron chi connectivity index (χ4n) is 3.46. The summed E-state index contributed by atoms with van der Waals surface area (Å²) >= 11 is 6.10. The second-order valence-corrected chi connectivity index (χ2v) is 7.73. The van der Waals surface area contributed by atoms with Crippen molar-refractivity contribution in [3.05, 3.63) is 94.0 Å². The third-order valence-corrected chi connectivity index (χ3v) is 5.38. The summed E-state index contributed by atoms with van der Waals surface area (Å²) in [5.41, 5.74) is -1.50. The molecule has 3 aromatic rings. The molecule has 3 aromatic carbocycles. The third kappa shape index (κ3) is 4.73. The Hall–Kier alpha value is -4.18. The highest BCUT2D eigenvalue weighted by Crippen LogP contribution is 2.35. The van der Waals surface area contributed by atoms with E-state index < -0.39 is 47.7 Å². The number of esters is 1. The highest BCUT2D eigenvalue weighted by Gasteiger charge is 2.38. The van der Waals surface area contributed by atoms with Crippen LogP contribution in [0.3, 0.4) is 0 Å². The molecule has 0 bridgehead atoms. The minimum absolute atomic E-state index is 0.0490. The predicted molar refractivity (Wildman–Crippen MR) is 119 cm³/mol. The van der Waals surface area contributed by atoms with E-state index in [1.807, 2.05) is 0 Å². The number of imide groups is 1. The lowest BCUT2D eigenvalue weighted by Crippen LogP contribution is -2.29. The van der Waals surface area contributed by atoms with E-state index in [2.05, 4.69) is 5.32 Å². The summed E-state index contributed by atoms with van der Waals surface area (Å²) in [6, 6.07) is 14.2. The average molecular weight is 503 g/mol. The van der Waals surface area contributed by atoms with Crippen LogP contribution in [0.5, 0.6) is 0 Å². The second-order valence-electron chi connectivity index (χ2n) is 7.33. The molecule has 1 aliphatic heterocycles. The Bertz CT molecular complexity index is 1370. The molecule has 0 atom stereocenters. The summed E-state index contributed by atoms with van der Waals surface area (Å²) in [4.78, 5) is 50.9. The van der Waals surface area contributed by atoms with Crippen molar-refractivity contribution in [2.24, 2.45) is 0 Å². The first kappa shape index (κ1) is 24.0. The molecular weight excluding hydrogens is 489 g/mol. The molecule has 1 heterocycles. The van der Waals surface area contributed by atoms with Crippen molar-refractivity contribution in [1.82, 2.24) is 0 Å². The molecule has 0 spiro atoms. The van der Waals surface area contributed by atoms with Crippen LogP contribution in [0.25, 0.3) is 0 Å². The van der Waals surface area contributed by atoms with E-state index in [9.17, 15) is 32.3 Å². The number of ether oxygens (including phenoxy) is 1. The van der Waals surface area contributed by atoms with Crippen molar-refractivity contribution in [2.45, 2.75) is 6.18 Å². The smallest absolute Gasteiger partial charge is 0.418 e. The number of fused-ring (bicyclic) bond motifs is 1. The molecule has 3 amide bonds. The average Bonchev–Trinajstić information content (AvgIpc) is 3.07. The van der Waals surface area contributed by atoms with E-state index in [-0.39, 0.29) is 27.4 Å². The number of benzene rings is 3. The first-order valence-electron chi connectivity index (χ1n) is 9.98. The van der Waals surface area contributed by atoms with Gasteiger partial charge in [-0.1, -0.05) is 35.9 Å². The van der Waals surface area contributed by atoms with E-state index >= 15 is 0 Å². The maximum absolute atomic E-state index is 13.1. The zero-order chi connectivity index (χ0) is 25.3. The normalized spacial score (nSPS) is 13.0. The van der Waals surface area contributed by atoms with Gasteiger partial charge in [-0.25, -0.2) is 9.69 Å². The monoisotopic (exact) mass is 502 g/mol. The van der Waals surface area contributed by atoms with Crippen molar-refractivity contribution >= 4 is 46.7 Å². The van der Waals surface area contributed by atoms with E-state index in [0.717, 1.165) is 23.1 Å². The fraction of sp³-hybridized carbons (Fsp3) is 0.0833. The molecule has 1 aliphatic rings. The highest BCUT2D eigenvalue weighted by atomic mass is 35.5. The number of rotatable bonds is 5. The van der Waals surface area contributed by atoms with Crippen molar-refractivity contribution in [3.63, 3.8) is 0 Å². The summed E-state index contributed by atoms with van der Waals surface area (Å²) in [7, 11) is 0. The number of amides is 3. The number of hydrogen-bond acceptors (Lipinski definition) is 5. The summed E-state index contributed by atoms with van der Waals surface area (Å²) in [6.07, 6.45) is -4.69. The quantitative estimate of drug-likeness (QED) is 0.393. The number of halogens is 4. The number of anilines is 2. The van der Waals surface area contributed by atoms with Gasteiger partial charge in [0.2, 0.25) is 0 Å². The van der Waals surface area contributed by atoms with Crippen LogP contribution in [0.15, 0.2) is 66.7 Å². The summed E-state index contributed by atoms with van der Waals surface area (Å²) < 4.78 is 44.1. The first-order chi connectivity index (χ1) is 16.6. The van der Waals surface area contributed by atoms with Gasteiger partial charge in [0.05, 0.1) is 38.7 Å². The molecule has 0 unspecified atom stereocenters. The van der Waals surface area contributed by atoms with E-state index in [1.165, 1.54) is 36.4 Å². The molecule has 0 aromatic heterocycles. The molecule has 7 nitrogen and oxygen atoms in total. The topological polar surface area (TPSA) is 92.8 Å². The lowest BCUT2D eigenvalue weighted by Gasteiger charge is -2.15. The second kappa shape index (κ2) is 9.22. The van der Waals surface area contributed by atoms with Gasteiger partial charge >= 0.3 is 12.1 Å². The Morgan fingerprint density at radius 2 is 1.57 bits per heavy atom. The predicted octanol–water partition coefficient (Wildman–Crippen LogP) is 4.95. The SMILES string of the molecule is O=C(COC(=O)c1ccc2c(c1)C(=O)N(c1ccccc1Cl)C2=O)Nc1ccccc1C(F)(F)F. The number of nitrogens with one attached hydrogen (secondary N) is 1. The van der Waals surface area contributed by atoms with Gasteiger partial charge in [-0.3, -0.25) is 14.4 Å². The van der Waals surface area contributed by atoms with Gasteiger partial charge in [0.25, 0.3) is 17.7 Å². The van der Waals surface area contributed by atoms with E-state index in [0.29, 0.717) is 0 Å². The number of hydrogen-bond donors (Lipinski definition) is 1. The Morgan fingerprint density at radius 3 is 2.29 bits per heavy atom. The highest BCUT2D eigenvalue weighted by molar-refractivity contribution is 6.39. The zero-order valence-electron chi connectivity index (χ0n) is 17.6. The van der Waals surface area contributed by atoms with Crippen LogP contribution in [0, 0.1) is 0 Å². The van der Waals surface area contributed by atoms with Crippen LogP contribution in [-0.2, 0) is 15.7 Å². The van der Waals surface area contributed by atoms with Gasteiger partial charge in [-0.15, -0.1) is 0 Å². The number of para-hydroxylation sites is 2. The lowest BCUT2D eigenvalue weighted by molar-refractivity contribution is -0.137. The van der Waals surface area contributed by atoms with Crippen LogP contribution in [0.4, 0.5) is 24.5 Å². The molecule has 4 rings (SSSR count). The van der Waals surface area contributed by atoms with Crippen LogP contribution >= 0.6 is 11.6 Å². The van der Waals surface area contributed by atoms with Gasteiger partial charge in [0, 0.05) is 0 Å². The number of nitrogens with zero attached hydrogens (tertiary/aromatic N) is 1. The van der Waals surface area contributed by atoms with Crippen molar-refractivity contribution in [3.8, 4) is 0 Å². The summed E-state index contributed by atoms with van der Waals surface area (Å²) in [5, 5.41) is 2.23. The third-order valence-electron chi connectivity index (χ3n) is 5.06. The standard InChI is InChI=1S/C24H14ClF3N2O5/c25-17-6-2-4-8-19(17)30-21(32)14-10-9-13(11-15(14)22(30)33)23(34)35-12-20(31)29-18-7-3-1-5-16(18)24(26,27)28/h1-11H,12H2,(H,29,31). The number of alkyl halides is 3. The fourth-order valence-corrected chi connectivity index (χ4v) is 3.68. The van der Waals surface area contributed by atoms with Gasteiger partial charge in [-0.2, -0.15) is 13.2 Å². The Kier molecular flexibility index (Phi) is 6.31. The molecule has 0 saturated carbocycles. The van der Waals surface area contributed by atoms with Crippen molar-refractivity contribution in [2.75, 3.05) is 16.8 Å². The molecular formula is C24H14ClF3N2O5. The van der Waals surface area contributed by atoms with Gasteiger partial charge in [-0.05, 0) is 42.5 Å². The lowest BCUT2D eigenvalue weighted by atomic mass is 10.1. The first-order valence-corrected chi connectivity index (χ1v) is 10.4. The Morgan fingerprint density at radius 1 is 0.914 bits per heavy atom. The summed E-state index contributed by atoms with van der Waals surface area (Å²) in [6.45, 7) is -0.874. The van der Waals surface area contributed by atoms with Gasteiger partial charge in [0.15, 0.2) is 6.61 Å². The van der Waals surface area contributed by atoms with Crippen LogP contribution in [0.1, 0.15) is 36.6 Å². The van der Waals surface area contributed by atoms with Crippen LogP contribution < -0.4 is 10.2 Å². The number of carbonyl (C=O) groups is 4. The maximum Gasteiger partial charge on any atom is 0.418 e. The Balaban J connectivity index is 1.46. The maximum atomic E-state index is 13.1. The van der Waals surface area contributed by atoms with Gasteiger partial charge in [0.1, 0.15) is 0 Å². The molecule has 0 radical (unpaired) electrons. The van der Waals surface area contributed by atoms with Gasteiger partial charge < -0.3 is 10.1 Å².